The fourth-order valence-corrected chi connectivity index (χ4v) is 8.30. The average Bonchev–Trinajstić information content (AvgIpc) is 2.97. The Bertz CT molecular complexity index is 580. The third kappa shape index (κ3) is 3.15. The van der Waals surface area contributed by atoms with Crippen LogP contribution < -0.4 is 5.73 Å². The van der Waals surface area contributed by atoms with E-state index in [1.807, 2.05) is 0 Å². The molecule has 8 unspecified atom stereocenters. The summed E-state index contributed by atoms with van der Waals surface area (Å²) in [5, 5.41) is 20.8. The summed E-state index contributed by atoms with van der Waals surface area (Å²) in [6, 6.07) is 0.395. The standard InChI is InChI=1S/C23H39NO3/c1-14(3-8-21(25)26)18-6-7-20-17-5-4-15-13-16(24)9-11-22(15,2)19(17)10-12-23(18,20)27/h14-20,27H,3-13,24H2,1-2H3,(H,25,26)/t14?,15?,16-,17?,18?,19?,20?,22?,23?/m1/s1. The van der Waals surface area contributed by atoms with Gasteiger partial charge in [-0.3, -0.25) is 4.79 Å². The molecule has 4 heteroatoms. The molecule has 0 spiro atoms. The summed E-state index contributed by atoms with van der Waals surface area (Å²) in [5.74, 6) is 2.49. The second-order valence-corrected chi connectivity index (χ2v) is 10.8. The van der Waals surface area contributed by atoms with E-state index in [9.17, 15) is 9.90 Å². The molecule has 0 amide bonds. The summed E-state index contributed by atoms with van der Waals surface area (Å²) in [6.07, 6.45) is 11.4. The van der Waals surface area contributed by atoms with Gasteiger partial charge in [0, 0.05) is 12.5 Å². The van der Waals surface area contributed by atoms with Gasteiger partial charge in [0.25, 0.3) is 0 Å². The lowest BCUT2D eigenvalue weighted by Crippen LogP contribution is -2.57. The zero-order valence-corrected chi connectivity index (χ0v) is 17.2. The Balaban J connectivity index is 1.51. The predicted octanol–water partition coefficient (Wildman–Crippen LogP) is 4.20. The zero-order chi connectivity index (χ0) is 19.4. The molecule has 0 heterocycles. The van der Waals surface area contributed by atoms with Crippen LogP contribution in [-0.2, 0) is 4.79 Å². The fraction of sp³-hybridized carbons (Fsp3) is 0.957. The normalized spacial score (nSPS) is 50.4. The molecule has 4 fully saturated rings. The Kier molecular flexibility index (Phi) is 5.12. The van der Waals surface area contributed by atoms with Crippen LogP contribution in [0.5, 0.6) is 0 Å². The van der Waals surface area contributed by atoms with Crippen molar-refractivity contribution in [2.75, 3.05) is 0 Å². The van der Waals surface area contributed by atoms with Crippen LogP contribution in [0.25, 0.3) is 0 Å². The summed E-state index contributed by atoms with van der Waals surface area (Å²) in [7, 11) is 0. The van der Waals surface area contributed by atoms with Crippen molar-refractivity contribution in [3.05, 3.63) is 0 Å². The van der Waals surface area contributed by atoms with Gasteiger partial charge in [0.15, 0.2) is 0 Å². The first-order chi connectivity index (χ1) is 12.8. The van der Waals surface area contributed by atoms with Crippen molar-refractivity contribution < 1.29 is 15.0 Å². The van der Waals surface area contributed by atoms with Gasteiger partial charge in [-0.15, -0.1) is 0 Å². The number of aliphatic carboxylic acids is 1. The Hall–Kier alpha value is -0.610. The fourth-order valence-electron chi connectivity index (χ4n) is 8.30. The van der Waals surface area contributed by atoms with Gasteiger partial charge in [0.2, 0.25) is 0 Å². The highest BCUT2D eigenvalue weighted by molar-refractivity contribution is 5.66. The Labute approximate surface area is 164 Å². The van der Waals surface area contributed by atoms with Crippen LogP contribution >= 0.6 is 0 Å². The van der Waals surface area contributed by atoms with Crippen LogP contribution in [0.4, 0.5) is 0 Å². The van der Waals surface area contributed by atoms with E-state index in [0.29, 0.717) is 35.6 Å². The Morgan fingerprint density at radius 2 is 1.89 bits per heavy atom. The second kappa shape index (κ2) is 7.02. The molecule has 4 rings (SSSR count). The molecular weight excluding hydrogens is 338 g/mol. The number of carboxylic acids is 1. The maximum absolute atomic E-state index is 11.8. The van der Waals surface area contributed by atoms with Crippen LogP contribution in [-0.4, -0.2) is 27.8 Å². The van der Waals surface area contributed by atoms with E-state index in [-0.39, 0.29) is 12.3 Å². The van der Waals surface area contributed by atoms with E-state index in [2.05, 4.69) is 13.8 Å². The number of hydrogen-bond donors (Lipinski definition) is 3. The van der Waals surface area contributed by atoms with Gasteiger partial charge in [-0.2, -0.15) is 0 Å². The van der Waals surface area contributed by atoms with Crippen molar-refractivity contribution in [1.29, 1.82) is 0 Å². The van der Waals surface area contributed by atoms with E-state index in [1.54, 1.807) is 0 Å². The lowest BCUT2D eigenvalue weighted by Gasteiger charge is -2.60. The van der Waals surface area contributed by atoms with Gasteiger partial charge in [0.05, 0.1) is 5.60 Å². The monoisotopic (exact) mass is 377 g/mol. The maximum atomic E-state index is 11.8. The smallest absolute Gasteiger partial charge is 0.303 e. The first kappa shape index (κ1) is 19.7. The number of nitrogens with two attached hydrogens (primary N) is 1. The number of carbonyl (C=O) groups is 1. The number of aliphatic hydroxyl groups is 1. The molecule has 4 aliphatic rings. The molecule has 9 atom stereocenters. The molecule has 0 aromatic heterocycles. The molecule has 0 aromatic carbocycles. The zero-order valence-electron chi connectivity index (χ0n) is 17.2. The van der Waals surface area contributed by atoms with Crippen LogP contribution in [0.2, 0.25) is 0 Å². The molecule has 154 valence electrons. The first-order valence-corrected chi connectivity index (χ1v) is 11.5. The third-order valence-corrected chi connectivity index (χ3v) is 9.73. The van der Waals surface area contributed by atoms with Gasteiger partial charge in [-0.25, -0.2) is 0 Å². The lowest BCUT2D eigenvalue weighted by molar-refractivity contribution is -0.162. The quantitative estimate of drug-likeness (QED) is 0.686. The summed E-state index contributed by atoms with van der Waals surface area (Å²) in [4.78, 5) is 11.0. The second-order valence-electron chi connectivity index (χ2n) is 10.8. The van der Waals surface area contributed by atoms with Crippen molar-refractivity contribution >= 4 is 5.97 Å². The summed E-state index contributed by atoms with van der Waals surface area (Å²) < 4.78 is 0. The van der Waals surface area contributed by atoms with Gasteiger partial charge >= 0.3 is 5.97 Å². The molecule has 0 radical (unpaired) electrons. The van der Waals surface area contributed by atoms with E-state index >= 15 is 0 Å². The predicted molar refractivity (Wildman–Crippen MR) is 106 cm³/mol. The largest absolute Gasteiger partial charge is 0.481 e. The molecule has 0 aliphatic heterocycles. The van der Waals surface area contributed by atoms with Crippen molar-refractivity contribution in [3.8, 4) is 0 Å². The Morgan fingerprint density at radius 1 is 1.11 bits per heavy atom. The van der Waals surface area contributed by atoms with Gasteiger partial charge < -0.3 is 15.9 Å². The van der Waals surface area contributed by atoms with Crippen LogP contribution in [0, 0.1) is 40.9 Å². The number of hydrogen-bond acceptors (Lipinski definition) is 3. The lowest BCUT2D eigenvalue weighted by atomic mass is 9.46. The molecule has 27 heavy (non-hydrogen) atoms. The maximum Gasteiger partial charge on any atom is 0.303 e. The minimum atomic E-state index is -0.714. The van der Waals surface area contributed by atoms with Crippen LogP contribution in [0.1, 0.15) is 84.5 Å². The summed E-state index contributed by atoms with van der Waals surface area (Å²) >= 11 is 0. The van der Waals surface area contributed by atoms with Gasteiger partial charge in [-0.05, 0) is 105 Å². The molecule has 0 aromatic rings. The molecule has 4 nitrogen and oxygen atoms in total. The van der Waals surface area contributed by atoms with Gasteiger partial charge in [0.1, 0.15) is 0 Å². The molecule has 0 bridgehead atoms. The number of rotatable bonds is 4. The van der Waals surface area contributed by atoms with Crippen LogP contribution in [0.3, 0.4) is 0 Å². The summed E-state index contributed by atoms with van der Waals surface area (Å²) in [5.41, 5.74) is 6.17. The third-order valence-electron chi connectivity index (χ3n) is 9.73. The van der Waals surface area contributed by atoms with Crippen molar-refractivity contribution in [2.24, 2.45) is 46.7 Å². The highest BCUT2D eigenvalue weighted by Gasteiger charge is 2.61. The van der Waals surface area contributed by atoms with Crippen molar-refractivity contribution in [3.63, 3.8) is 0 Å². The number of fused-ring (bicyclic) bond motifs is 5. The highest BCUT2D eigenvalue weighted by Crippen LogP contribution is 2.65. The van der Waals surface area contributed by atoms with Crippen LogP contribution in [0.15, 0.2) is 0 Å². The molecule has 4 N–H and O–H groups in total. The van der Waals surface area contributed by atoms with E-state index in [0.717, 1.165) is 37.5 Å². The first-order valence-electron chi connectivity index (χ1n) is 11.5. The SMILES string of the molecule is CC(CCC(=O)O)C1CCC2C3CCC4C[C@H](N)CCC4(C)C3CCC12O. The molecular formula is C23H39NO3. The van der Waals surface area contributed by atoms with Gasteiger partial charge in [-0.1, -0.05) is 13.8 Å². The van der Waals surface area contributed by atoms with E-state index in [1.165, 1.54) is 32.1 Å². The van der Waals surface area contributed by atoms with Crippen molar-refractivity contribution in [1.82, 2.24) is 0 Å². The van der Waals surface area contributed by atoms with Crippen molar-refractivity contribution in [2.45, 2.75) is 96.1 Å². The minimum Gasteiger partial charge on any atom is -0.481 e. The van der Waals surface area contributed by atoms with E-state index in [4.69, 9.17) is 10.8 Å². The number of carboxylic acid groups (broad SMARTS) is 1. The summed E-state index contributed by atoms with van der Waals surface area (Å²) in [6.45, 7) is 4.70. The topological polar surface area (TPSA) is 83.5 Å². The molecule has 4 aliphatic carbocycles. The average molecular weight is 378 g/mol. The molecule has 0 saturated heterocycles. The molecule has 4 saturated carbocycles. The Morgan fingerprint density at radius 3 is 2.63 bits per heavy atom. The van der Waals surface area contributed by atoms with E-state index < -0.39 is 11.6 Å². The minimum absolute atomic E-state index is 0.227. The highest BCUT2D eigenvalue weighted by atomic mass is 16.4.